The van der Waals surface area contributed by atoms with Crippen LogP contribution in [-0.2, 0) is 4.79 Å². The second-order valence-electron chi connectivity index (χ2n) is 5.91. The second-order valence-corrected chi connectivity index (χ2v) is 5.91. The average molecular weight is 240 g/mol. The first-order chi connectivity index (χ1) is 7.91. The van der Waals surface area contributed by atoms with Crippen molar-refractivity contribution in [1.29, 1.82) is 0 Å². The molecule has 0 heterocycles. The molecule has 3 nitrogen and oxygen atoms in total. The van der Waals surface area contributed by atoms with Gasteiger partial charge in [0.25, 0.3) is 0 Å². The van der Waals surface area contributed by atoms with Crippen LogP contribution in [0.4, 0.5) is 0 Å². The summed E-state index contributed by atoms with van der Waals surface area (Å²) in [5, 5.41) is 3.22. The van der Waals surface area contributed by atoms with Crippen LogP contribution in [0.15, 0.2) is 0 Å². The summed E-state index contributed by atoms with van der Waals surface area (Å²) in [4.78, 5) is 12.2. The molecule has 0 spiro atoms. The normalized spacial score (nSPS) is 30.1. The molecule has 0 radical (unpaired) electrons. The van der Waals surface area contributed by atoms with Crippen molar-refractivity contribution >= 4 is 5.91 Å². The van der Waals surface area contributed by atoms with E-state index in [1.54, 1.807) is 0 Å². The van der Waals surface area contributed by atoms with Crippen LogP contribution in [0, 0.1) is 11.8 Å². The number of nitrogens with one attached hydrogen (secondary N) is 1. The zero-order chi connectivity index (χ0) is 13.1. The number of hydrogen-bond donors (Lipinski definition) is 2. The SMILES string of the molecule is CCC(C)(CC)NC(=O)C1CCC(N)C(C)C1. The summed E-state index contributed by atoms with van der Waals surface area (Å²) in [5.74, 6) is 0.867. The highest BCUT2D eigenvalue weighted by Gasteiger charge is 2.32. The molecule has 0 aromatic heterocycles. The van der Waals surface area contributed by atoms with Crippen molar-refractivity contribution < 1.29 is 4.79 Å². The summed E-state index contributed by atoms with van der Waals surface area (Å²) in [5.41, 5.74) is 5.95. The summed E-state index contributed by atoms with van der Waals surface area (Å²) in [6, 6.07) is 0.280. The minimum atomic E-state index is -0.0418. The summed E-state index contributed by atoms with van der Waals surface area (Å²) in [6.45, 7) is 8.54. The van der Waals surface area contributed by atoms with Crippen LogP contribution in [0.3, 0.4) is 0 Å². The molecule has 1 fully saturated rings. The van der Waals surface area contributed by atoms with Crippen molar-refractivity contribution in [3.8, 4) is 0 Å². The van der Waals surface area contributed by atoms with Crippen LogP contribution in [0.1, 0.15) is 59.8 Å². The lowest BCUT2D eigenvalue weighted by molar-refractivity contribution is -0.128. The van der Waals surface area contributed by atoms with Gasteiger partial charge in [0, 0.05) is 17.5 Å². The maximum atomic E-state index is 12.2. The van der Waals surface area contributed by atoms with Gasteiger partial charge < -0.3 is 11.1 Å². The number of nitrogens with two attached hydrogens (primary N) is 1. The zero-order valence-electron chi connectivity index (χ0n) is 11.8. The molecule has 3 atom stereocenters. The van der Waals surface area contributed by atoms with Gasteiger partial charge in [-0.15, -0.1) is 0 Å². The molecule has 0 aromatic carbocycles. The standard InChI is InChI=1S/C14H28N2O/c1-5-14(4,6-2)16-13(17)11-7-8-12(15)10(3)9-11/h10-12H,5-9,15H2,1-4H3,(H,16,17). The molecule has 3 unspecified atom stereocenters. The van der Waals surface area contributed by atoms with E-state index in [2.05, 4.69) is 33.0 Å². The Bertz CT molecular complexity index is 261. The third-order valence-corrected chi connectivity index (χ3v) is 4.59. The molecule has 1 aliphatic carbocycles. The van der Waals surface area contributed by atoms with Gasteiger partial charge in [-0.1, -0.05) is 20.8 Å². The number of carbonyl (C=O) groups is 1. The first-order valence-corrected chi connectivity index (χ1v) is 6.99. The Labute approximate surface area is 106 Å². The van der Waals surface area contributed by atoms with Gasteiger partial charge in [0.15, 0.2) is 0 Å². The van der Waals surface area contributed by atoms with E-state index in [4.69, 9.17) is 5.73 Å². The first kappa shape index (κ1) is 14.5. The van der Waals surface area contributed by atoms with E-state index < -0.39 is 0 Å². The molecule has 0 saturated heterocycles. The van der Waals surface area contributed by atoms with E-state index in [1.165, 1.54) is 0 Å². The Kier molecular flexibility index (Phi) is 4.99. The Hall–Kier alpha value is -0.570. The predicted molar refractivity (Wildman–Crippen MR) is 71.6 cm³/mol. The van der Waals surface area contributed by atoms with Gasteiger partial charge in [-0.3, -0.25) is 4.79 Å². The van der Waals surface area contributed by atoms with E-state index in [0.717, 1.165) is 32.1 Å². The Balaban J connectivity index is 2.54. The molecule has 100 valence electrons. The van der Waals surface area contributed by atoms with Crippen LogP contribution in [0.5, 0.6) is 0 Å². The highest BCUT2D eigenvalue weighted by molar-refractivity contribution is 5.79. The Morgan fingerprint density at radius 3 is 2.41 bits per heavy atom. The van der Waals surface area contributed by atoms with Crippen molar-refractivity contribution in [1.82, 2.24) is 5.32 Å². The number of hydrogen-bond acceptors (Lipinski definition) is 2. The molecular formula is C14H28N2O. The molecule has 1 saturated carbocycles. The van der Waals surface area contributed by atoms with E-state index in [1.807, 2.05) is 0 Å². The molecule has 17 heavy (non-hydrogen) atoms. The molecule has 1 amide bonds. The number of amides is 1. The van der Waals surface area contributed by atoms with Crippen LogP contribution < -0.4 is 11.1 Å². The third-order valence-electron chi connectivity index (χ3n) is 4.59. The fourth-order valence-electron chi connectivity index (χ4n) is 2.48. The van der Waals surface area contributed by atoms with Crippen molar-refractivity contribution in [3.63, 3.8) is 0 Å². The summed E-state index contributed by atoms with van der Waals surface area (Å²) >= 11 is 0. The van der Waals surface area contributed by atoms with Gasteiger partial charge in [-0.2, -0.15) is 0 Å². The summed E-state index contributed by atoms with van der Waals surface area (Å²) in [7, 11) is 0. The monoisotopic (exact) mass is 240 g/mol. The lowest BCUT2D eigenvalue weighted by Crippen LogP contribution is -2.49. The largest absolute Gasteiger partial charge is 0.351 e. The molecule has 0 aromatic rings. The maximum absolute atomic E-state index is 12.2. The Morgan fingerprint density at radius 2 is 1.94 bits per heavy atom. The van der Waals surface area contributed by atoms with Crippen molar-refractivity contribution in [2.24, 2.45) is 17.6 Å². The fraction of sp³-hybridized carbons (Fsp3) is 0.929. The molecule has 3 heteroatoms. The van der Waals surface area contributed by atoms with Gasteiger partial charge in [-0.05, 0) is 44.9 Å². The van der Waals surface area contributed by atoms with Gasteiger partial charge in [-0.25, -0.2) is 0 Å². The third kappa shape index (κ3) is 3.70. The minimum Gasteiger partial charge on any atom is -0.351 e. The van der Waals surface area contributed by atoms with Crippen LogP contribution in [0.2, 0.25) is 0 Å². The summed E-state index contributed by atoms with van der Waals surface area (Å²) in [6.07, 6.45) is 4.83. The molecule has 0 bridgehead atoms. The average Bonchev–Trinajstić information content (AvgIpc) is 2.32. The molecule has 1 rings (SSSR count). The van der Waals surface area contributed by atoms with Gasteiger partial charge in [0.05, 0.1) is 0 Å². The minimum absolute atomic E-state index is 0.0418. The second kappa shape index (κ2) is 5.85. The highest BCUT2D eigenvalue weighted by Crippen LogP contribution is 2.29. The smallest absolute Gasteiger partial charge is 0.223 e. The molecule has 1 aliphatic rings. The van der Waals surface area contributed by atoms with E-state index in [0.29, 0.717) is 5.92 Å². The quantitative estimate of drug-likeness (QED) is 0.793. The molecular weight excluding hydrogens is 212 g/mol. The van der Waals surface area contributed by atoms with E-state index in [-0.39, 0.29) is 23.4 Å². The van der Waals surface area contributed by atoms with E-state index >= 15 is 0 Å². The first-order valence-electron chi connectivity index (χ1n) is 6.99. The Morgan fingerprint density at radius 1 is 1.35 bits per heavy atom. The van der Waals surface area contributed by atoms with Crippen molar-refractivity contribution in [2.45, 2.75) is 71.4 Å². The fourth-order valence-corrected chi connectivity index (χ4v) is 2.48. The number of rotatable bonds is 4. The van der Waals surface area contributed by atoms with Gasteiger partial charge in [0.2, 0.25) is 5.91 Å². The van der Waals surface area contributed by atoms with Gasteiger partial charge >= 0.3 is 0 Å². The molecule has 3 N–H and O–H groups in total. The number of carbonyl (C=O) groups excluding carboxylic acids is 1. The topological polar surface area (TPSA) is 55.1 Å². The summed E-state index contributed by atoms with van der Waals surface area (Å²) < 4.78 is 0. The van der Waals surface area contributed by atoms with Crippen LogP contribution >= 0.6 is 0 Å². The van der Waals surface area contributed by atoms with Crippen molar-refractivity contribution in [3.05, 3.63) is 0 Å². The molecule has 0 aliphatic heterocycles. The predicted octanol–water partition coefficient (Wildman–Crippen LogP) is 2.44. The zero-order valence-corrected chi connectivity index (χ0v) is 11.8. The van der Waals surface area contributed by atoms with Crippen LogP contribution in [0.25, 0.3) is 0 Å². The maximum Gasteiger partial charge on any atom is 0.223 e. The van der Waals surface area contributed by atoms with Crippen molar-refractivity contribution in [2.75, 3.05) is 0 Å². The lowest BCUT2D eigenvalue weighted by atomic mass is 9.78. The van der Waals surface area contributed by atoms with Gasteiger partial charge in [0.1, 0.15) is 0 Å². The van der Waals surface area contributed by atoms with E-state index in [9.17, 15) is 4.79 Å². The van der Waals surface area contributed by atoms with Crippen LogP contribution in [-0.4, -0.2) is 17.5 Å². The lowest BCUT2D eigenvalue weighted by Gasteiger charge is -2.35. The highest BCUT2D eigenvalue weighted by atomic mass is 16.2.